The van der Waals surface area contributed by atoms with Crippen LogP contribution in [0.5, 0.6) is 5.75 Å². The minimum Gasteiger partial charge on any atom is -0.486 e. The molecule has 2 rings (SSSR count). The second kappa shape index (κ2) is 5.65. The molecule has 1 aromatic heterocycles. The number of hydrogen-bond acceptors (Lipinski definition) is 7. The van der Waals surface area contributed by atoms with Crippen molar-refractivity contribution in [3.05, 3.63) is 29.3 Å². The molecule has 6 nitrogen and oxygen atoms in total. The number of hydrogen-bond donors (Lipinski definition) is 2. The van der Waals surface area contributed by atoms with Gasteiger partial charge in [-0.25, -0.2) is 5.84 Å². The highest BCUT2D eigenvalue weighted by molar-refractivity contribution is 7.15. The number of aromatic nitrogens is 2. The Morgan fingerprint density at radius 2 is 2.22 bits per heavy atom. The Morgan fingerprint density at radius 1 is 1.39 bits per heavy atom. The smallest absolute Gasteiger partial charge is 0.219 e. The van der Waals surface area contributed by atoms with E-state index in [2.05, 4.69) is 15.6 Å². The average molecular weight is 265 g/mol. The third-order valence-electron chi connectivity index (χ3n) is 2.29. The number of anilines is 2. The zero-order chi connectivity index (χ0) is 13.0. The van der Waals surface area contributed by atoms with Crippen LogP contribution in [0.15, 0.2) is 24.3 Å². The second-order valence-corrected chi connectivity index (χ2v) is 4.89. The maximum Gasteiger partial charge on any atom is 0.219 e. The van der Waals surface area contributed by atoms with Gasteiger partial charge in [0.1, 0.15) is 12.4 Å². The Morgan fingerprint density at radius 3 is 2.89 bits per heavy atom. The molecule has 2 aromatic rings. The molecule has 0 aliphatic carbocycles. The summed E-state index contributed by atoms with van der Waals surface area (Å²) in [5.41, 5.74) is 3.54. The highest BCUT2D eigenvalue weighted by Crippen LogP contribution is 2.21. The molecule has 0 unspecified atom stereocenters. The summed E-state index contributed by atoms with van der Waals surface area (Å²) in [4.78, 5) is 2.02. The molecule has 0 amide bonds. The number of rotatable bonds is 5. The third-order valence-corrected chi connectivity index (χ3v) is 3.11. The Hall–Kier alpha value is -1.86. The number of nitrogens with one attached hydrogen (secondary N) is 1. The van der Waals surface area contributed by atoms with Crippen LogP contribution in [0.25, 0.3) is 0 Å². The van der Waals surface area contributed by atoms with Gasteiger partial charge in [0.2, 0.25) is 5.13 Å². The molecule has 3 N–H and O–H groups in total. The van der Waals surface area contributed by atoms with Crippen LogP contribution in [0.4, 0.5) is 10.8 Å². The quantitative estimate of drug-likeness (QED) is 0.630. The van der Waals surface area contributed by atoms with Gasteiger partial charge in [0, 0.05) is 25.8 Å². The number of nitrogens with two attached hydrogens (primary N) is 1. The average Bonchev–Trinajstić information content (AvgIpc) is 2.84. The van der Waals surface area contributed by atoms with Crippen molar-refractivity contribution in [3.8, 4) is 5.75 Å². The van der Waals surface area contributed by atoms with Crippen LogP contribution in [0.1, 0.15) is 5.01 Å². The fourth-order valence-electron chi connectivity index (χ4n) is 1.37. The lowest BCUT2D eigenvalue weighted by Crippen LogP contribution is -2.08. The molecule has 96 valence electrons. The summed E-state index contributed by atoms with van der Waals surface area (Å²) in [6, 6.07) is 7.87. The third kappa shape index (κ3) is 3.08. The maximum absolute atomic E-state index is 5.65. The Bertz CT molecular complexity index is 514. The van der Waals surface area contributed by atoms with E-state index in [1.54, 1.807) is 0 Å². The summed E-state index contributed by atoms with van der Waals surface area (Å²) in [6.07, 6.45) is 0. The van der Waals surface area contributed by atoms with Gasteiger partial charge in [-0.15, -0.1) is 10.2 Å². The van der Waals surface area contributed by atoms with Gasteiger partial charge in [-0.3, -0.25) is 5.43 Å². The van der Waals surface area contributed by atoms with E-state index in [4.69, 9.17) is 10.6 Å². The zero-order valence-electron chi connectivity index (χ0n) is 10.3. The number of nitrogen functional groups attached to an aromatic ring is 1. The minimum absolute atomic E-state index is 0.385. The molecular formula is C11H15N5OS. The zero-order valence-corrected chi connectivity index (χ0v) is 11.1. The predicted molar refractivity (Wildman–Crippen MR) is 72.8 cm³/mol. The highest BCUT2D eigenvalue weighted by atomic mass is 32.1. The number of ether oxygens (including phenoxy) is 1. The van der Waals surface area contributed by atoms with E-state index >= 15 is 0 Å². The van der Waals surface area contributed by atoms with Crippen LogP contribution in [0.3, 0.4) is 0 Å². The van der Waals surface area contributed by atoms with E-state index in [0.29, 0.717) is 11.7 Å². The van der Waals surface area contributed by atoms with E-state index in [9.17, 15) is 0 Å². The number of benzene rings is 1. The first-order valence-corrected chi connectivity index (χ1v) is 6.20. The normalized spacial score (nSPS) is 10.2. The van der Waals surface area contributed by atoms with Gasteiger partial charge in [0.25, 0.3) is 0 Å². The van der Waals surface area contributed by atoms with Gasteiger partial charge in [-0.1, -0.05) is 17.4 Å². The Kier molecular flexibility index (Phi) is 3.96. The number of hydrazine groups is 1. The first kappa shape index (κ1) is 12.6. The van der Waals surface area contributed by atoms with Crippen molar-refractivity contribution in [1.82, 2.24) is 10.2 Å². The number of nitrogens with zero attached hydrogens (tertiary/aromatic N) is 3. The monoisotopic (exact) mass is 265 g/mol. The molecule has 0 fully saturated rings. The van der Waals surface area contributed by atoms with Crippen LogP contribution in [0.2, 0.25) is 0 Å². The van der Waals surface area contributed by atoms with Crippen molar-refractivity contribution in [2.45, 2.75) is 6.61 Å². The van der Waals surface area contributed by atoms with Crippen molar-refractivity contribution < 1.29 is 4.74 Å². The van der Waals surface area contributed by atoms with Gasteiger partial charge in [0.15, 0.2) is 5.01 Å². The fourth-order valence-corrected chi connectivity index (χ4v) is 1.93. The van der Waals surface area contributed by atoms with Crippen molar-refractivity contribution in [1.29, 1.82) is 0 Å². The molecule has 0 aliphatic heterocycles. The summed E-state index contributed by atoms with van der Waals surface area (Å²) in [5, 5.41) is 9.14. The molecule has 0 radical (unpaired) electrons. The van der Waals surface area contributed by atoms with Crippen molar-refractivity contribution in [2.75, 3.05) is 24.4 Å². The lowest BCUT2D eigenvalue weighted by Gasteiger charge is -2.13. The van der Waals surface area contributed by atoms with Gasteiger partial charge in [-0.05, 0) is 12.1 Å². The maximum atomic E-state index is 5.65. The van der Waals surface area contributed by atoms with Crippen LogP contribution in [0, 0.1) is 0 Å². The lowest BCUT2D eigenvalue weighted by molar-refractivity contribution is 0.304. The highest BCUT2D eigenvalue weighted by Gasteiger charge is 2.04. The molecule has 0 saturated carbocycles. The van der Waals surface area contributed by atoms with Gasteiger partial charge in [-0.2, -0.15) is 0 Å². The predicted octanol–water partition coefficient (Wildman–Crippen LogP) is 1.47. The summed E-state index contributed by atoms with van der Waals surface area (Å²) in [5.74, 6) is 6.04. The first-order valence-electron chi connectivity index (χ1n) is 5.38. The van der Waals surface area contributed by atoms with Gasteiger partial charge in [0.05, 0.1) is 0 Å². The summed E-state index contributed by atoms with van der Waals surface area (Å²) >= 11 is 1.37. The molecule has 1 heterocycles. The fraction of sp³-hybridized carbons (Fsp3) is 0.273. The van der Waals surface area contributed by atoms with Crippen LogP contribution in [-0.4, -0.2) is 24.3 Å². The lowest BCUT2D eigenvalue weighted by atomic mass is 10.3. The first-order chi connectivity index (χ1) is 8.69. The van der Waals surface area contributed by atoms with Crippen LogP contribution in [-0.2, 0) is 6.61 Å². The molecule has 0 atom stereocenters. The standard InChI is InChI=1S/C11H15N5OS/c1-16(2)8-4-3-5-9(6-8)17-7-10-14-15-11(13-12)18-10/h3-6H,7,12H2,1-2H3,(H,13,15). The Balaban J connectivity index is 1.99. The van der Waals surface area contributed by atoms with E-state index in [-0.39, 0.29) is 0 Å². The van der Waals surface area contributed by atoms with Crippen molar-refractivity contribution in [3.63, 3.8) is 0 Å². The Labute approximate surface area is 109 Å². The molecule has 0 aliphatic rings. The van der Waals surface area contributed by atoms with Crippen LogP contribution >= 0.6 is 11.3 Å². The molecule has 0 spiro atoms. The minimum atomic E-state index is 0.385. The molecular weight excluding hydrogens is 250 g/mol. The van der Waals surface area contributed by atoms with E-state index in [1.165, 1.54) is 11.3 Å². The summed E-state index contributed by atoms with van der Waals surface area (Å²) in [6.45, 7) is 0.385. The topological polar surface area (TPSA) is 76.3 Å². The van der Waals surface area contributed by atoms with Gasteiger partial charge >= 0.3 is 0 Å². The molecule has 1 aromatic carbocycles. The van der Waals surface area contributed by atoms with Crippen LogP contribution < -0.4 is 20.9 Å². The van der Waals surface area contributed by atoms with E-state index in [0.717, 1.165) is 16.4 Å². The second-order valence-electron chi connectivity index (χ2n) is 3.83. The molecule has 0 saturated heterocycles. The summed E-state index contributed by atoms with van der Waals surface area (Å²) < 4.78 is 5.65. The van der Waals surface area contributed by atoms with Gasteiger partial charge < -0.3 is 9.64 Å². The van der Waals surface area contributed by atoms with E-state index in [1.807, 2.05) is 43.3 Å². The molecule has 7 heteroatoms. The summed E-state index contributed by atoms with van der Waals surface area (Å²) in [7, 11) is 3.98. The molecule has 18 heavy (non-hydrogen) atoms. The van der Waals surface area contributed by atoms with Crippen molar-refractivity contribution >= 4 is 22.2 Å². The van der Waals surface area contributed by atoms with Crippen molar-refractivity contribution in [2.24, 2.45) is 5.84 Å². The largest absolute Gasteiger partial charge is 0.486 e. The van der Waals surface area contributed by atoms with E-state index < -0.39 is 0 Å². The SMILES string of the molecule is CN(C)c1cccc(OCc2nnc(NN)s2)c1. The molecule has 0 bridgehead atoms.